The minimum Gasteiger partial charge on any atom is -0.506 e. The number of aromatic hydroxyl groups is 1. The van der Waals surface area contributed by atoms with Crippen LogP contribution >= 0.6 is 24.0 Å². The van der Waals surface area contributed by atoms with Crippen molar-refractivity contribution in [3.05, 3.63) is 68.9 Å². The van der Waals surface area contributed by atoms with Gasteiger partial charge in [-0.05, 0) is 29.8 Å². The third-order valence-electron chi connectivity index (χ3n) is 4.07. The first-order valence-corrected chi connectivity index (χ1v) is 9.75. The molecule has 2 amide bonds. The van der Waals surface area contributed by atoms with Gasteiger partial charge >= 0.3 is 0 Å². The number of rotatable bonds is 6. The van der Waals surface area contributed by atoms with Crippen LogP contribution in [-0.4, -0.2) is 37.6 Å². The van der Waals surface area contributed by atoms with E-state index >= 15 is 0 Å². The molecule has 0 atom stereocenters. The Balaban J connectivity index is 1.63. The van der Waals surface area contributed by atoms with E-state index in [0.29, 0.717) is 10.5 Å². The van der Waals surface area contributed by atoms with Crippen LogP contribution < -0.4 is 5.32 Å². The van der Waals surface area contributed by atoms with Crippen molar-refractivity contribution < 1.29 is 24.0 Å². The molecule has 0 radical (unpaired) electrons. The van der Waals surface area contributed by atoms with E-state index in [1.807, 2.05) is 0 Å². The van der Waals surface area contributed by atoms with Gasteiger partial charge in [-0.15, -0.1) is 0 Å². The summed E-state index contributed by atoms with van der Waals surface area (Å²) in [6.45, 7) is -0.00700. The van der Waals surface area contributed by atoms with Crippen LogP contribution in [0.2, 0.25) is 0 Å². The van der Waals surface area contributed by atoms with Crippen molar-refractivity contribution in [2.45, 2.75) is 6.42 Å². The Labute approximate surface area is 179 Å². The van der Waals surface area contributed by atoms with Crippen molar-refractivity contribution in [2.24, 2.45) is 0 Å². The second-order valence-electron chi connectivity index (χ2n) is 6.14. The number of thioether (sulfide) groups is 1. The smallest absolute Gasteiger partial charge is 0.271 e. The van der Waals surface area contributed by atoms with E-state index in [1.54, 1.807) is 6.08 Å². The molecule has 0 unspecified atom stereocenters. The highest BCUT2D eigenvalue weighted by Gasteiger charge is 2.32. The number of amides is 2. The standard InChI is InChI=1S/C19H14FN3O5S2/c20-12-3-1-11(2-4-12)9-16-18(26)22(19(29)30-16)8-7-17(25)21-14-10-13(23(27)28)5-6-15(14)24/h1-6,9-10,24H,7-8H2,(H,21,25). The molecule has 1 aliphatic heterocycles. The van der Waals surface area contributed by atoms with Gasteiger partial charge < -0.3 is 10.4 Å². The lowest BCUT2D eigenvalue weighted by atomic mass is 10.2. The highest BCUT2D eigenvalue weighted by molar-refractivity contribution is 8.26. The molecule has 0 aliphatic carbocycles. The van der Waals surface area contributed by atoms with Crippen molar-refractivity contribution in [2.75, 3.05) is 11.9 Å². The zero-order chi connectivity index (χ0) is 21.8. The molecule has 3 rings (SSSR count). The number of nitrogens with one attached hydrogen (secondary N) is 1. The summed E-state index contributed by atoms with van der Waals surface area (Å²) in [6, 6.07) is 8.87. The second kappa shape index (κ2) is 9.01. The lowest BCUT2D eigenvalue weighted by Gasteiger charge is -2.14. The van der Waals surface area contributed by atoms with Gasteiger partial charge in [0, 0.05) is 25.1 Å². The molecule has 0 saturated carbocycles. The van der Waals surface area contributed by atoms with Gasteiger partial charge in [0.25, 0.3) is 11.6 Å². The third-order valence-corrected chi connectivity index (χ3v) is 5.45. The van der Waals surface area contributed by atoms with Gasteiger partial charge in [0.05, 0.1) is 15.5 Å². The Morgan fingerprint density at radius 1 is 1.30 bits per heavy atom. The number of phenols is 1. The molecule has 1 fully saturated rings. The number of benzene rings is 2. The average molecular weight is 447 g/mol. The number of thiocarbonyl (C=S) groups is 1. The molecule has 1 aliphatic rings. The zero-order valence-electron chi connectivity index (χ0n) is 15.2. The molecule has 11 heteroatoms. The molecule has 2 N–H and O–H groups in total. The van der Waals surface area contributed by atoms with Crippen LogP contribution in [0, 0.1) is 15.9 Å². The minimum absolute atomic E-state index is 0.00700. The van der Waals surface area contributed by atoms with E-state index < -0.39 is 10.8 Å². The van der Waals surface area contributed by atoms with Crippen LogP contribution in [0.4, 0.5) is 15.8 Å². The van der Waals surface area contributed by atoms with Crippen molar-refractivity contribution in [1.82, 2.24) is 4.90 Å². The number of hydrogen-bond donors (Lipinski definition) is 2. The molecule has 0 bridgehead atoms. The first-order chi connectivity index (χ1) is 14.2. The fourth-order valence-corrected chi connectivity index (χ4v) is 3.88. The van der Waals surface area contributed by atoms with E-state index in [-0.39, 0.29) is 46.1 Å². The maximum absolute atomic E-state index is 13.0. The lowest BCUT2D eigenvalue weighted by molar-refractivity contribution is -0.384. The van der Waals surface area contributed by atoms with Crippen molar-refractivity contribution in [3.8, 4) is 5.75 Å². The third kappa shape index (κ3) is 4.99. The van der Waals surface area contributed by atoms with E-state index in [9.17, 15) is 29.2 Å². The Kier molecular flexibility index (Phi) is 6.43. The summed E-state index contributed by atoms with van der Waals surface area (Å²) >= 11 is 6.27. The predicted molar refractivity (Wildman–Crippen MR) is 114 cm³/mol. The van der Waals surface area contributed by atoms with Crippen LogP contribution in [-0.2, 0) is 9.59 Å². The molecule has 1 saturated heterocycles. The van der Waals surface area contributed by atoms with Crippen molar-refractivity contribution in [1.29, 1.82) is 0 Å². The zero-order valence-corrected chi connectivity index (χ0v) is 16.8. The first kappa shape index (κ1) is 21.4. The van der Waals surface area contributed by atoms with E-state index in [1.165, 1.54) is 29.2 Å². The summed E-state index contributed by atoms with van der Waals surface area (Å²) in [5, 5.41) is 23.0. The topological polar surface area (TPSA) is 113 Å². The van der Waals surface area contributed by atoms with E-state index in [0.717, 1.165) is 30.0 Å². The van der Waals surface area contributed by atoms with Crippen LogP contribution in [0.25, 0.3) is 6.08 Å². The van der Waals surface area contributed by atoms with Gasteiger partial charge in [-0.2, -0.15) is 0 Å². The first-order valence-electron chi connectivity index (χ1n) is 8.53. The van der Waals surface area contributed by atoms with Crippen molar-refractivity contribution in [3.63, 3.8) is 0 Å². The normalized spacial score (nSPS) is 15.0. The SMILES string of the molecule is O=C(CCN1C(=O)C(=Cc2ccc(F)cc2)SC1=S)Nc1cc([N+](=O)[O-])ccc1O. The second-order valence-corrected chi connectivity index (χ2v) is 7.82. The molecule has 0 spiro atoms. The van der Waals surface area contributed by atoms with Gasteiger partial charge in [-0.3, -0.25) is 24.6 Å². The Morgan fingerprint density at radius 3 is 2.67 bits per heavy atom. The average Bonchev–Trinajstić information content (AvgIpc) is 2.96. The monoisotopic (exact) mass is 447 g/mol. The number of non-ortho nitro benzene ring substituents is 1. The fraction of sp³-hybridized carbons (Fsp3) is 0.105. The van der Waals surface area contributed by atoms with Crippen LogP contribution in [0.1, 0.15) is 12.0 Å². The molecule has 1 heterocycles. The minimum atomic E-state index is -0.650. The highest BCUT2D eigenvalue weighted by atomic mass is 32.2. The number of carbonyl (C=O) groups excluding carboxylic acids is 2. The number of nitro groups is 1. The summed E-state index contributed by atoms with van der Waals surface area (Å²) in [6.07, 6.45) is 1.44. The Morgan fingerprint density at radius 2 is 2.00 bits per heavy atom. The van der Waals surface area contributed by atoms with Gasteiger partial charge in [-0.1, -0.05) is 36.1 Å². The fourth-order valence-electron chi connectivity index (χ4n) is 2.57. The number of nitro benzene ring substituents is 1. The number of anilines is 1. The summed E-state index contributed by atoms with van der Waals surface area (Å²) in [5.74, 6) is -1.63. The summed E-state index contributed by atoms with van der Waals surface area (Å²) in [7, 11) is 0. The summed E-state index contributed by atoms with van der Waals surface area (Å²) in [5.41, 5.74) is 0.248. The van der Waals surface area contributed by atoms with Gasteiger partial charge in [0.1, 0.15) is 15.9 Å². The molecule has 8 nitrogen and oxygen atoms in total. The quantitative estimate of drug-likeness (QED) is 0.228. The van der Waals surface area contributed by atoms with E-state index in [2.05, 4.69) is 5.32 Å². The Hall–Kier alpha value is -3.31. The summed E-state index contributed by atoms with van der Waals surface area (Å²) < 4.78 is 13.3. The number of hydrogen-bond acceptors (Lipinski definition) is 7. The van der Waals surface area contributed by atoms with Crippen LogP contribution in [0.5, 0.6) is 5.75 Å². The van der Waals surface area contributed by atoms with Gasteiger partial charge in [0.15, 0.2) is 0 Å². The van der Waals surface area contributed by atoms with Crippen LogP contribution in [0.15, 0.2) is 47.4 Å². The molecular formula is C19H14FN3O5S2. The van der Waals surface area contributed by atoms with Gasteiger partial charge in [-0.25, -0.2) is 4.39 Å². The molecule has 2 aromatic rings. The maximum Gasteiger partial charge on any atom is 0.271 e. The predicted octanol–water partition coefficient (Wildman–Crippen LogP) is 3.67. The number of nitrogens with zero attached hydrogens (tertiary/aromatic N) is 2. The molecule has 154 valence electrons. The van der Waals surface area contributed by atoms with Crippen molar-refractivity contribution >= 4 is 57.6 Å². The lowest BCUT2D eigenvalue weighted by Crippen LogP contribution is -2.31. The molecule has 0 aromatic heterocycles. The molecule has 2 aromatic carbocycles. The molecule has 30 heavy (non-hydrogen) atoms. The molecular weight excluding hydrogens is 433 g/mol. The number of carbonyl (C=O) groups is 2. The van der Waals surface area contributed by atoms with E-state index in [4.69, 9.17) is 12.2 Å². The maximum atomic E-state index is 13.0. The highest BCUT2D eigenvalue weighted by Crippen LogP contribution is 2.33. The number of phenolic OH excluding ortho intramolecular Hbond substituents is 1. The number of halogens is 1. The van der Waals surface area contributed by atoms with Gasteiger partial charge in [0.2, 0.25) is 5.91 Å². The largest absolute Gasteiger partial charge is 0.506 e. The Bertz CT molecular complexity index is 1070. The summed E-state index contributed by atoms with van der Waals surface area (Å²) in [4.78, 5) is 36.5. The van der Waals surface area contributed by atoms with Crippen LogP contribution in [0.3, 0.4) is 0 Å².